The van der Waals surface area contributed by atoms with Gasteiger partial charge in [0.05, 0.1) is 22.7 Å². The van der Waals surface area contributed by atoms with Gasteiger partial charge in [-0.15, -0.1) is 0 Å². The minimum absolute atomic E-state index is 0.0477. The number of carbonyl (C=O) groups is 2. The van der Waals surface area contributed by atoms with Crippen LogP contribution in [0.2, 0.25) is 5.02 Å². The van der Waals surface area contributed by atoms with Crippen molar-refractivity contribution in [2.75, 3.05) is 10.2 Å². The van der Waals surface area contributed by atoms with Crippen molar-refractivity contribution < 1.29 is 22.8 Å². The van der Waals surface area contributed by atoms with Crippen LogP contribution in [-0.2, 0) is 22.2 Å². The first-order valence-corrected chi connectivity index (χ1v) is 10.2. The summed E-state index contributed by atoms with van der Waals surface area (Å²) in [5.41, 5.74) is 1.44. The third-order valence-electron chi connectivity index (χ3n) is 4.76. The zero-order chi connectivity index (χ0) is 24.3. The molecule has 2 aromatic heterocycles. The maximum Gasteiger partial charge on any atom is 0.417 e. The number of carbonyl (C=O) groups excluding carboxylic acids is 2. The Labute approximate surface area is 193 Å². The molecule has 0 fully saturated rings. The lowest BCUT2D eigenvalue weighted by Crippen LogP contribution is -2.25. The molecule has 0 aliphatic heterocycles. The standard InChI is InChI=1S/C23H20ClF3N4O2/c1-13-12-29-14(2)9-19(13)31(15(3)32)20-11-17(7-8-28-20)30-21(33)10-16-5-4-6-18(22(16)24)23(25,26)27/h4-9,11-12H,10H2,1-3H3,(H,28,30,33). The van der Waals surface area contributed by atoms with Crippen LogP contribution in [0.15, 0.2) is 48.8 Å². The number of aryl methyl sites for hydroxylation is 2. The fourth-order valence-electron chi connectivity index (χ4n) is 3.24. The minimum Gasteiger partial charge on any atom is -0.326 e. The molecule has 1 aromatic carbocycles. The van der Waals surface area contributed by atoms with Gasteiger partial charge >= 0.3 is 6.18 Å². The van der Waals surface area contributed by atoms with E-state index in [4.69, 9.17) is 11.6 Å². The summed E-state index contributed by atoms with van der Waals surface area (Å²) in [5.74, 6) is -0.597. The van der Waals surface area contributed by atoms with E-state index < -0.39 is 22.7 Å². The maximum absolute atomic E-state index is 13.1. The number of alkyl halides is 3. The second kappa shape index (κ2) is 9.58. The Kier molecular flexibility index (Phi) is 7.02. The molecule has 0 saturated carbocycles. The van der Waals surface area contributed by atoms with Crippen molar-refractivity contribution in [3.05, 3.63) is 76.2 Å². The van der Waals surface area contributed by atoms with Gasteiger partial charge in [-0.2, -0.15) is 13.2 Å². The van der Waals surface area contributed by atoms with Gasteiger partial charge in [-0.05, 0) is 43.2 Å². The molecular weight excluding hydrogens is 457 g/mol. The number of amides is 2. The number of benzene rings is 1. The number of nitrogens with zero attached hydrogens (tertiary/aromatic N) is 3. The van der Waals surface area contributed by atoms with Crippen LogP contribution in [-0.4, -0.2) is 21.8 Å². The minimum atomic E-state index is -4.62. The quantitative estimate of drug-likeness (QED) is 0.517. The van der Waals surface area contributed by atoms with Crippen molar-refractivity contribution in [2.24, 2.45) is 0 Å². The van der Waals surface area contributed by atoms with Gasteiger partial charge in [0.25, 0.3) is 0 Å². The Bertz CT molecular complexity index is 1210. The first-order chi connectivity index (χ1) is 15.5. The molecule has 0 atom stereocenters. The average Bonchev–Trinajstić information content (AvgIpc) is 2.71. The molecule has 0 aliphatic rings. The maximum atomic E-state index is 13.1. The number of pyridine rings is 2. The predicted molar refractivity (Wildman–Crippen MR) is 120 cm³/mol. The van der Waals surface area contributed by atoms with Crippen molar-refractivity contribution in [3.8, 4) is 0 Å². The highest BCUT2D eigenvalue weighted by Gasteiger charge is 2.34. The summed E-state index contributed by atoms with van der Waals surface area (Å²) < 4.78 is 39.2. The smallest absolute Gasteiger partial charge is 0.326 e. The molecule has 3 aromatic rings. The molecule has 33 heavy (non-hydrogen) atoms. The van der Waals surface area contributed by atoms with E-state index in [2.05, 4.69) is 15.3 Å². The lowest BCUT2D eigenvalue weighted by Gasteiger charge is -2.23. The summed E-state index contributed by atoms with van der Waals surface area (Å²) >= 11 is 5.88. The van der Waals surface area contributed by atoms with Crippen LogP contribution in [0.1, 0.15) is 29.3 Å². The van der Waals surface area contributed by atoms with Gasteiger partial charge in [0.15, 0.2) is 0 Å². The van der Waals surface area contributed by atoms with E-state index in [1.54, 1.807) is 19.2 Å². The van der Waals surface area contributed by atoms with E-state index in [1.165, 1.54) is 42.3 Å². The average molecular weight is 477 g/mol. The Balaban J connectivity index is 1.85. The van der Waals surface area contributed by atoms with Crippen LogP contribution in [0.4, 0.5) is 30.4 Å². The molecule has 0 saturated heterocycles. The number of aromatic nitrogens is 2. The third kappa shape index (κ3) is 5.67. The highest BCUT2D eigenvalue weighted by atomic mass is 35.5. The number of halogens is 4. The van der Waals surface area contributed by atoms with Crippen LogP contribution in [0.25, 0.3) is 0 Å². The molecule has 0 radical (unpaired) electrons. The van der Waals surface area contributed by atoms with Crippen molar-refractivity contribution >= 4 is 40.6 Å². The van der Waals surface area contributed by atoms with E-state index in [0.29, 0.717) is 17.1 Å². The van der Waals surface area contributed by atoms with Gasteiger partial charge in [0.2, 0.25) is 11.8 Å². The molecule has 172 valence electrons. The van der Waals surface area contributed by atoms with E-state index in [-0.39, 0.29) is 23.7 Å². The first kappa shape index (κ1) is 24.2. The van der Waals surface area contributed by atoms with Gasteiger partial charge in [0.1, 0.15) is 5.82 Å². The fourth-order valence-corrected chi connectivity index (χ4v) is 3.54. The summed E-state index contributed by atoms with van der Waals surface area (Å²) in [7, 11) is 0. The molecule has 10 heteroatoms. The van der Waals surface area contributed by atoms with Crippen LogP contribution in [0.3, 0.4) is 0 Å². The molecule has 2 heterocycles. The third-order valence-corrected chi connectivity index (χ3v) is 5.21. The highest BCUT2D eigenvalue weighted by molar-refractivity contribution is 6.32. The zero-order valence-electron chi connectivity index (χ0n) is 18.0. The number of anilines is 3. The van der Waals surface area contributed by atoms with Gasteiger partial charge in [0, 0.05) is 36.8 Å². The summed E-state index contributed by atoms with van der Waals surface area (Å²) in [6.45, 7) is 4.99. The van der Waals surface area contributed by atoms with E-state index in [1.807, 2.05) is 6.92 Å². The van der Waals surface area contributed by atoms with Crippen LogP contribution in [0, 0.1) is 13.8 Å². The summed E-state index contributed by atoms with van der Waals surface area (Å²) in [6, 6.07) is 8.19. The first-order valence-electron chi connectivity index (χ1n) is 9.82. The van der Waals surface area contributed by atoms with Gasteiger partial charge < -0.3 is 5.32 Å². The lowest BCUT2D eigenvalue weighted by atomic mass is 10.1. The zero-order valence-corrected chi connectivity index (χ0v) is 18.8. The van der Waals surface area contributed by atoms with Crippen molar-refractivity contribution in [3.63, 3.8) is 0 Å². The molecule has 0 unspecified atom stereocenters. The van der Waals surface area contributed by atoms with E-state index in [0.717, 1.165) is 11.6 Å². The van der Waals surface area contributed by atoms with Crippen molar-refractivity contribution in [1.29, 1.82) is 0 Å². The SMILES string of the molecule is CC(=O)N(c1cc(NC(=O)Cc2cccc(C(F)(F)F)c2Cl)ccn1)c1cc(C)ncc1C. The Morgan fingerprint density at radius 3 is 2.52 bits per heavy atom. The lowest BCUT2D eigenvalue weighted by molar-refractivity contribution is -0.137. The highest BCUT2D eigenvalue weighted by Crippen LogP contribution is 2.36. The van der Waals surface area contributed by atoms with Crippen LogP contribution >= 0.6 is 11.6 Å². The molecule has 0 bridgehead atoms. The summed E-state index contributed by atoms with van der Waals surface area (Å²) in [6.07, 6.45) is -1.92. The molecule has 0 spiro atoms. The summed E-state index contributed by atoms with van der Waals surface area (Å²) in [4.78, 5) is 34.8. The summed E-state index contributed by atoms with van der Waals surface area (Å²) in [5, 5.41) is 2.11. The van der Waals surface area contributed by atoms with Crippen molar-refractivity contribution in [1.82, 2.24) is 9.97 Å². The predicted octanol–water partition coefficient (Wildman–Crippen LogP) is 5.63. The second-order valence-electron chi connectivity index (χ2n) is 7.37. The van der Waals surface area contributed by atoms with Gasteiger partial charge in [-0.1, -0.05) is 23.7 Å². The van der Waals surface area contributed by atoms with Crippen molar-refractivity contribution in [2.45, 2.75) is 33.4 Å². The topological polar surface area (TPSA) is 75.2 Å². The number of hydrogen-bond acceptors (Lipinski definition) is 4. The fraction of sp³-hybridized carbons (Fsp3) is 0.217. The largest absolute Gasteiger partial charge is 0.417 e. The normalized spacial score (nSPS) is 11.2. The van der Waals surface area contributed by atoms with Gasteiger partial charge in [-0.25, -0.2) is 4.98 Å². The van der Waals surface area contributed by atoms with E-state index in [9.17, 15) is 22.8 Å². The molecule has 2 amide bonds. The van der Waals surface area contributed by atoms with Crippen LogP contribution in [0.5, 0.6) is 0 Å². The molecule has 3 rings (SSSR count). The second-order valence-corrected chi connectivity index (χ2v) is 7.75. The number of rotatable bonds is 5. The number of hydrogen-bond donors (Lipinski definition) is 1. The monoisotopic (exact) mass is 476 g/mol. The Morgan fingerprint density at radius 1 is 1.12 bits per heavy atom. The molecule has 6 nitrogen and oxygen atoms in total. The Morgan fingerprint density at radius 2 is 1.85 bits per heavy atom. The molecule has 1 N–H and O–H groups in total. The van der Waals surface area contributed by atoms with Crippen LogP contribution < -0.4 is 10.2 Å². The van der Waals surface area contributed by atoms with E-state index >= 15 is 0 Å². The molecular formula is C23H20ClF3N4O2. The Hall–Kier alpha value is -3.46. The number of nitrogens with one attached hydrogen (secondary N) is 1. The van der Waals surface area contributed by atoms with Gasteiger partial charge in [-0.3, -0.25) is 19.5 Å². The molecule has 0 aliphatic carbocycles.